The van der Waals surface area contributed by atoms with Crippen molar-refractivity contribution in [3.8, 4) is 11.5 Å². The van der Waals surface area contributed by atoms with Gasteiger partial charge >= 0.3 is 0 Å². The summed E-state index contributed by atoms with van der Waals surface area (Å²) in [5.41, 5.74) is 1.99. The molecule has 1 heterocycles. The van der Waals surface area contributed by atoms with Crippen molar-refractivity contribution >= 4 is 5.91 Å². The van der Waals surface area contributed by atoms with Crippen molar-refractivity contribution in [1.82, 2.24) is 9.80 Å². The highest BCUT2D eigenvalue weighted by molar-refractivity contribution is 5.95. The van der Waals surface area contributed by atoms with Gasteiger partial charge in [0.1, 0.15) is 0 Å². The average Bonchev–Trinajstić information content (AvgIpc) is 2.73. The molecule has 2 aromatic carbocycles. The fourth-order valence-corrected chi connectivity index (χ4v) is 3.60. The number of piperazine rings is 1. The number of hydrogen-bond acceptors (Lipinski definition) is 4. The quantitative estimate of drug-likeness (QED) is 0.786. The molecule has 0 spiro atoms. The molecule has 5 nitrogen and oxygen atoms in total. The molecule has 1 amide bonds. The summed E-state index contributed by atoms with van der Waals surface area (Å²) in [6.07, 6.45) is 1.03. The Balaban J connectivity index is 1.57. The summed E-state index contributed by atoms with van der Waals surface area (Å²) in [5, 5.41) is 0. The van der Waals surface area contributed by atoms with Gasteiger partial charge in [-0.3, -0.25) is 9.69 Å². The molecule has 1 fully saturated rings. The maximum atomic E-state index is 12.8. The van der Waals surface area contributed by atoms with E-state index in [4.69, 9.17) is 9.47 Å². The Hall–Kier alpha value is -2.53. The highest BCUT2D eigenvalue weighted by Crippen LogP contribution is 2.28. The van der Waals surface area contributed by atoms with E-state index >= 15 is 0 Å². The summed E-state index contributed by atoms with van der Waals surface area (Å²) in [6.45, 7) is 5.54. The first-order valence-corrected chi connectivity index (χ1v) is 9.41. The predicted octanol–water partition coefficient (Wildman–Crippen LogP) is 3.09. The number of carbonyl (C=O) groups is 1. The molecular formula is C22H28N2O3. The molecule has 0 aliphatic carbocycles. The Kier molecular flexibility index (Phi) is 6.35. The lowest BCUT2D eigenvalue weighted by Crippen LogP contribution is -2.51. The zero-order chi connectivity index (χ0) is 19.2. The van der Waals surface area contributed by atoms with Gasteiger partial charge in [0, 0.05) is 37.8 Å². The van der Waals surface area contributed by atoms with Crippen LogP contribution in [0.3, 0.4) is 0 Å². The zero-order valence-electron chi connectivity index (χ0n) is 16.4. The van der Waals surface area contributed by atoms with Crippen molar-refractivity contribution in [3.63, 3.8) is 0 Å². The fourth-order valence-electron chi connectivity index (χ4n) is 3.60. The second-order valence-corrected chi connectivity index (χ2v) is 6.94. The van der Waals surface area contributed by atoms with E-state index in [2.05, 4.69) is 36.1 Å². The van der Waals surface area contributed by atoms with Gasteiger partial charge in [0.25, 0.3) is 5.91 Å². The van der Waals surface area contributed by atoms with Crippen molar-refractivity contribution in [3.05, 3.63) is 59.7 Å². The molecule has 0 saturated carbocycles. The first kappa shape index (κ1) is 19.2. The zero-order valence-corrected chi connectivity index (χ0v) is 16.4. The minimum atomic E-state index is 0.0475. The molecule has 5 heteroatoms. The van der Waals surface area contributed by atoms with Crippen LogP contribution >= 0.6 is 0 Å². The summed E-state index contributed by atoms with van der Waals surface area (Å²) >= 11 is 0. The second-order valence-electron chi connectivity index (χ2n) is 6.94. The van der Waals surface area contributed by atoms with Crippen LogP contribution in [0.5, 0.6) is 11.5 Å². The Morgan fingerprint density at radius 3 is 2.26 bits per heavy atom. The number of amides is 1. The van der Waals surface area contributed by atoms with E-state index in [1.807, 2.05) is 11.0 Å². The summed E-state index contributed by atoms with van der Waals surface area (Å²) in [7, 11) is 3.17. The monoisotopic (exact) mass is 368 g/mol. The van der Waals surface area contributed by atoms with E-state index in [1.54, 1.807) is 32.4 Å². The largest absolute Gasteiger partial charge is 0.493 e. The smallest absolute Gasteiger partial charge is 0.254 e. The van der Waals surface area contributed by atoms with Crippen LogP contribution in [0.4, 0.5) is 0 Å². The number of hydrogen-bond donors (Lipinski definition) is 0. The van der Waals surface area contributed by atoms with Gasteiger partial charge < -0.3 is 14.4 Å². The van der Waals surface area contributed by atoms with Crippen LogP contribution in [0, 0.1) is 0 Å². The molecule has 1 aliphatic rings. The Morgan fingerprint density at radius 2 is 1.63 bits per heavy atom. The Labute approximate surface area is 161 Å². The molecular weight excluding hydrogens is 340 g/mol. The fraction of sp³-hybridized carbons (Fsp3) is 0.409. The van der Waals surface area contributed by atoms with Crippen LogP contribution in [0.1, 0.15) is 22.8 Å². The first-order chi connectivity index (χ1) is 13.1. The molecule has 144 valence electrons. The topological polar surface area (TPSA) is 42.0 Å². The third-order valence-electron chi connectivity index (χ3n) is 5.23. The first-order valence-electron chi connectivity index (χ1n) is 9.41. The van der Waals surface area contributed by atoms with Crippen molar-refractivity contribution in [2.45, 2.75) is 19.4 Å². The summed E-state index contributed by atoms with van der Waals surface area (Å²) in [6, 6.07) is 16.4. The normalized spacial score (nSPS) is 16.0. The summed E-state index contributed by atoms with van der Waals surface area (Å²) < 4.78 is 10.6. The van der Waals surface area contributed by atoms with Crippen molar-refractivity contribution in [1.29, 1.82) is 0 Å². The average molecular weight is 368 g/mol. The number of ether oxygens (including phenoxy) is 2. The standard InChI is InChI=1S/C22H28N2O3/c1-17(15-18-7-5-4-6-8-18)23-11-13-24(14-12-23)22(25)19-9-10-20(26-2)21(16-19)27-3/h4-10,16-17H,11-15H2,1-3H3. The lowest BCUT2D eigenvalue weighted by atomic mass is 10.1. The molecule has 1 unspecified atom stereocenters. The molecule has 1 atom stereocenters. The minimum Gasteiger partial charge on any atom is -0.493 e. The lowest BCUT2D eigenvalue weighted by molar-refractivity contribution is 0.0582. The van der Waals surface area contributed by atoms with E-state index in [0.29, 0.717) is 23.1 Å². The van der Waals surface area contributed by atoms with Crippen molar-refractivity contribution < 1.29 is 14.3 Å². The van der Waals surface area contributed by atoms with Gasteiger partial charge in [-0.1, -0.05) is 30.3 Å². The molecule has 1 saturated heterocycles. The van der Waals surface area contributed by atoms with E-state index in [9.17, 15) is 4.79 Å². The van der Waals surface area contributed by atoms with Gasteiger partial charge in [-0.25, -0.2) is 0 Å². The Morgan fingerprint density at radius 1 is 0.963 bits per heavy atom. The molecule has 3 rings (SSSR count). The highest BCUT2D eigenvalue weighted by atomic mass is 16.5. The number of methoxy groups -OCH3 is 2. The van der Waals surface area contributed by atoms with Gasteiger partial charge in [-0.15, -0.1) is 0 Å². The maximum absolute atomic E-state index is 12.8. The van der Waals surface area contributed by atoms with E-state index in [1.165, 1.54) is 5.56 Å². The van der Waals surface area contributed by atoms with Gasteiger partial charge in [0.05, 0.1) is 14.2 Å². The number of carbonyl (C=O) groups excluding carboxylic acids is 1. The highest BCUT2D eigenvalue weighted by Gasteiger charge is 2.25. The van der Waals surface area contributed by atoms with Crippen molar-refractivity contribution in [2.24, 2.45) is 0 Å². The van der Waals surface area contributed by atoms with Gasteiger partial charge in [0.2, 0.25) is 0 Å². The van der Waals surface area contributed by atoms with E-state index < -0.39 is 0 Å². The lowest BCUT2D eigenvalue weighted by Gasteiger charge is -2.38. The molecule has 0 N–H and O–H groups in total. The van der Waals surface area contributed by atoms with Crippen LogP contribution in [-0.2, 0) is 6.42 Å². The summed E-state index contributed by atoms with van der Waals surface area (Å²) in [5.74, 6) is 1.26. The molecule has 1 aliphatic heterocycles. The van der Waals surface area contributed by atoms with Crippen LogP contribution in [0.15, 0.2) is 48.5 Å². The maximum Gasteiger partial charge on any atom is 0.254 e. The minimum absolute atomic E-state index is 0.0475. The van der Waals surface area contributed by atoms with E-state index in [-0.39, 0.29) is 5.91 Å². The second kappa shape index (κ2) is 8.91. The molecule has 27 heavy (non-hydrogen) atoms. The van der Waals surface area contributed by atoms with Crippen LogP contribution in [0.25, 0.3) is 0 Å². The SMILES string of the molecule is COc1ccc(C(=O)N2CCN(C(C)Cc3ccccc3)CC2)cc1OC. The van der Waals surface area contributed by atoms with Gasteiger partial charge in [0.15, 0.2) is 11.5 Å². The molecule has 0 aromatic heterocycles. The van der Waals surface area contributed by atoms with Crippen LogP contribution < -0.4 is 9.47 Å². The molecule has 0 radical (unpaired) electrons. The number of rotatable bonds is 6. The van der Waals surface area contributed by atoms with Crippen molar-refractivity contribution in [2.75, 3.05) is 40.4 Å². The number of nitrogens with zero attached hydrogens (tertiary/aromatic N) is 2. The van der Waals surface area contributed by atoms with Gasteiger partial charge in [-0.05, 0) is 37.1 Å². The third kappa shape index (κ3) is 4.61. The Bertz CT molecular complexity index is 755. The third-order valence-corrected chi connectivity index (χ3v) is 5.23. The van der Waals surface area contributed by atoms with Gasteiger partial charge in [-0.2, -0.15) is 0 Å². The number of benzene rings is 2. The molecule has 0 bridgehead atoms. The van der Waals surface area contributed by atoms with Crippen LogP contribution in [-0.4, -0.2) is 62.1 Å². The summed E-state index contributed by atoms with van der Waals surface area (Å²) in [4.78, 5) is 17.2. The van der Waals surface area contributed by atoms with Crippen LogP contribution in [0.2, 0.25) is 0 Å². The van der Waals surface area contributed by atoms with E-state index in [0.717, 1.165) is 32.6 Å². The predicted molar refractivity (Wildman–Crippen MR) is 107 cm³/mol. The molecule has 2 aromatic rings.